The Hall–Kier alpha value is -3.79. The Labute approximate surface area is 171 Å². The van der Waals surface area contributed by atoms with E-state index in [1.807, 2.05) is 29.1 Å². The highest BCUT2D eigenvalue weighted by molar-refractivity contribution is 6.04. The fourth-order valence-electron chi connectivity index (χ4n) is 3.38. The molecule has 30 heavy (non-hydrogen) atoms. The van der Waals surface area contributed by atoms with Gasteiger partial charge in [-0.1, -0.05) is 6.07 Å². The number of carbonyl (C=O) groups excluding carboxylic acids is 1. The zero-order valence-electron chi connectivity index (χ0n) is 16.0. The normalized spacial score (nSPS) is 14.7. The molecule has 0 radical (unpaired) electrons. The van der Waals surface area contributed by atoms with Gasteiger partial charge in [0.2, 0.25) is 5.89 Å². The molecule has 4 aromatic heterocycles. The fraction of sp³-hybridized carbons (Fsp3) is 0.250. The fourth-order valence-corrected chi connectivity index (χ4v) is 3.38. The number of oxazole rings is 1. The summed E-state index contributed by atoms with van der Waals surface area (Å²) in [4.78, 5) is 21.5. The van der Waals surface area contributed by atoms with E-state index in [0.717, 1.165) is 12.8 Å². The molecule has 5 heterocycles. The van der Waals surface area contributed by atoms with Crippen molar-refractivity contribution in [3.8, 4) is 22.8 Å². The van der Waals surface area contributed by atoms with E-state index in [0.29, 0.717) is 41.7 Å². The van der Waals surface area contributed by atoms with Gasteiger partial charge in [-0.05, 0) is 25.0 Å². The number of nitrogens with one attached hydrogen (secondary N) is 2. The number of pyridine rings is 1. The van der Waals surface area contributed by atoms with E-state index in [-0.39, 0.29) is 11.7 Å². The first-order chi connectivity index (χ1) is 14.8. The summed E-state index contributed by atoms with van der Waals surface area (Å²) in [7, 11) is 0. The lowest BCUT2D eigenvalue weighted by Crippen LogP contribution is -2.20. The molecule has 0 spiro atoms. The minimum absolute atomic E-state index is 0.164. The van der Waals surface area contributed by atoms with Crippen LogP contribution in [0.3, 0.4) is 0 Å². The first-order valence-corrected chi connectivity index (χ1v) is 9.62. The molecule has 1 aliphatic heterocycles. The molecule has 1 aliphatic rings. The van der Waals surface area contributed by atoms with Gasteiger partial charge in [0.25, 0.3) is 5.91 Å². The van der Waals surface area contributed by atoms with Gasteiger partial charge in [0.05, 0.1) is 29.2 Å². The van der Waals surface area contributed by atoms with Crippen LogP contribution in [0.2, 0.25) is 0 Å². The van der Waals surface area contributed by atoms with Crippen LogP contribution in [-0.2, 0) is 4.74 Å². The molecular formula is C20H19N7O3. The van der Waals surface area contributed by atoms with Gasteiger partial charge in [-0.15, -0.1) is 0 Å². The molecule has 2 N–H and O–H groups in total. The summed E-state index contributed by atoms with van der Waals surface area (Å²) < 4.78 is 12.7. The van der Waals surface area contributed by atoms with Crippen molar-refractivity contribution >= 4 is 11.6 Å². The Morgan fingerprint density at radius 1 is 1.27 bits per heavy atom. The summed E-state index contributed by atoms with van der Waals surface area (Å²) in [5.41, 5.74) is 2.68. The van der Waals surface area contributed by atoms with Crippen molar-refractivity contribution in [1.82, 2.24) is 29.9 Å². The van der Waals surface area contributed by atoms with Crippen molar-refractivity contribution in [3.63, 3.8) is 0 Å². The maximum Gasteiger partial charge on any atom is 0.277 e. The van der Waals surface area contributed by atoms with E-state index < -0.39 is 5.91 Å². The van der Waals surface area contributed by atoms with Crippen LogP contribution in [0.4, 0.5) is 5.69 Å². The number of hydrogen-bond donors (Lipinski definition) is 2. The number of hydrogen-bond acceptors (Lipinski definition) is 7. The third kappa shape index (κ3) is 3.60. The molecule has 0 aliphatic carbocycles. The van der Waals surface area contributed by atoms with E-state index in [2.05, 4.69) is 25.5 Å². The Kier molecular flexibility index (Phi) is 4.81. The molecule has 5 rings (SSSR count). The van der Waals surface area contributed by atoms with Gasteiger partial charge in [-0.3, -0.25) is 19.6 Å². The number of amides is 1. The highest BCUT2D eigenvalue weighted by atomic mass is 16.5. The second-order valence-electron chi connectivity index (χ2n) is 6.91. The van der Waals surface area contributed by atoms with Crippen LogP contribution in [0.1, 0.15) is 29.4 Å². The molecule has 1 amide bonds. The zero-order chi connectivity index (χ0) is 20.3. The van der Waals surface area contributed by atoms with E-state index in [9.17, 15) is 4.79 Å². The summed E-state index contributed by atoms with van der Waals surface area (Å²) in [6.07, 6.45) is 9.82. The van der Waals surface area contributed by atoms with Gasteiger partial charge in [-0.2, -0.15) is 10.2 Å². The predicted molar refractivity (Wildman–Crippen MR) is 107 cm³/mol. The zero-order valence-corrected chi connectivity index (χ0v) is 16.0. The second kappa shape index (κ2) is 7.91. The molecule has 4 aromatic rings. The smallest absolute Gasteiger partial charge is 0.277 e. The van der Waals surface area contributed by atoms with Gasteiger partial charge >= 0.3 is 0 Å². The molecule has 0 bridgehead atoms. The molecule has 0 unspecified atom stereocenters. The van der Waals surface area contributed by atoms with Crippen molar-refractivity contribution in [2.24, 2.45) is 0 Å². The highest BCUT2D eigenvalue weighted by Gasteiger charge is 2.22. The number of rotatable bonds is 5. The molecular weight excluding hydrogens is 386 g/mol. The van der Waals surface area contributed by atoms with Crippen LogP contribution in [0.15, 0.2) is 53.7 Å². The molecule has 0 atom stereocenters. The number of ether oxygens (including phenoxy) is 1. The Morgan fingerprint density at radius 3 is 2.93 bits per heavy atom. The predicted octanol–water partition coefficient (Wildman–Crippen LogP) is 2.93. The summed E-state index contributed by atoms with van der Waals surface area (Å²) in [6.45, 7) is 1.39. The average Bonchev–Trinajstić information content (AvgIpc) is 3.55. The molecule has 0 saturated carbocycles. The molecule has 1 fully saturated rings. The Morgan fingerprint density at radius 2 is 2.17 bits per heavy atom. The van der Waals surface area contributed by atoms with Gasteiger partial charge in [0.1, 0.15) is 12.0 Å². The molecule has 10 nitrogen and oxygen atoms in total. The van der Waals surface area contributed by atoms with Crippen LogP contribution in [0, 0.1) is 0 Å². The van der Waals surface area contributed by atoms with Crippen molar-refractivity contribution < 1.29 is 13.9 Å². The second-order valence-corrected chi connectivity index (χ2v) is 6.91. The highest BCUT2D eigenvalue weighted by Crippen LogP contribution is 2.29. The maximum atomic E-state index is 12.8. The van der Waals surface area contributed by atoms with Crippen molar-refractivity contribution in [2.45, 2.75) is 18.9 Å². The third-order valence-corrected chi connectivity index (χ3v) is 4.93. The van der Waals surface area contributed by atoms with Gasteiger partial charge in [0.15, 0.2) is 5.69 Å². The number of nitrogens with zero attached hydrogens (tertiary/aromatic N) is 5. The average molecular weight is 405 g/mol. The van der Waals surface area contributed by atoms with Crippen LogP contribution >= 0.6 is 0 Å². The summed E-state index contributed by atoms with van der Waals surface area (Å²) in [6, 6.07) is 5.80. The standard InChI is InChI=1S/C20H19N7O3/c28-19(17-12-30-20(25-17)13-9-22-23-10-13)24-16-11-27(14-4-7-29-8-5-14)26-18(16)15-3-1-2-6-21-15/h1-3,6,9-12,14H,4-5,7-8H2,(H,22,23)(H,24,28). The van der Waals surface area contributed by atoms with E-state index >= 15 is 0 Å². The summed E-state index contributed by atoms with van der Waals surface area (Å²) >= 11 is 0. The molecule has 1 saturated heterocycles. The largest absolute Gasteiger partial charge is 0.444 e. The van der Waals surface area contributed by atoms with Crippen molar-refractivity contribution in [1.29, 1.82) is 0 Å². The number of carbonyl (C=O) groups is 1. The minimum atomic E-state index is -0.391. The van der Waals surface area contributed by atoms with Gasteiger partial charge in [0, 0.05) is 31.8 Å². The molecule has 10 heteroatoms. The Bertz CT molecular complexity index is 1130. The number of aromatic nitrogens is 6. The number of H-pyrrole nitrogens is 1. The first kappa shape index (κ1) is 18.3. The first-order valence-electron chi connectivity index (χ1n) is 9.62. The van der Waals surface area contributed by atoms with E-state index in [1.54, 1.807) is 18.6 Å². The Balaban J connectivity index is 1.44. The van der Waals surface area contributed by atoms with Crippen LogP contribution in [0.25, 0.3) is 22.8 Å². The van der Waals surface area contributed by atoms with Crippen LogP contribution in [0.5, 0.6) is 0 Å². The lowest BCUT2D eigenvalue weighted by molar-refractivity contribution is 0.0663. The maximum absolute atomic E-state index is 12.8. The monoisotopic (exact) mass is 405 g/mol. The van der Waals surface area contributed by atoms with E-state index in [1.165, 1.54) is 6.26 Å². The molecule has 152 valence electrons. The SMILES string of the molecule is O=C(Nc1cn(C2CCOCC2)nc1-c1ccccn1)c1coc(-c2cn[nH]c2)n1. The lowest BCUT2D eigenvalue weighted by Gasteiger charge is -2.22. The third-order valence-electron chi connectivity index (χ3n) is 4.93. The quantitative estimate of drug-likeness (QED) is 0.523. The number of aromatic amines is 1. The van der Waals surface area contributed by atoms with Crippen molar-refractivity contribution in [3.05, 3.63) is 54.9 Å². The topological polar surface area (TPSA) is 124 Å². The minimum Gasteiger partial charge on any atom is -0.444 e. The van der Waals surface area contributed by atoms with Gasteiger partial charge in [-0.25, -0.2) is 4.98 Å². The summed E-state index contributed by atoms with van der Waals surface area (Å²) in [5, 5.41) is 14.2. The van der Waals surface area contributed by atoms with Gasteiger partial charge < -0.3 is 14.5 Å². The van der Waals surface area contributed by atoms with Crippen LogP contribution in [-0.4, -0.2) is 49.1 Å². The number of anilines is 1. The summed E-state index contributed by atoms with van der Waals surface area (Å²) in [5.74, 6) is -0.0750. The lowest BCUT2D eigenvalue weighted by atomic mass is 10.1. The molecule has 0 aromatic carbocycles. The van der Waals surface area contributed by atoms with Crippen LogP contribution < -0.4 is 5.32 Å². The van der Waals surface area contributed by atoms with Crippen molar-refractivity contribution in [2.75, 3.05) is 18.5 Å². The van der Waals surface area contributed by atoms with E-state index in [4.69, 9.17) is 14.3 Å².